The summed E-state index contributed by atoms with van der Waals surface area (Å²) in [6, 6.07) is 3.36. The number of hydrogen-bond acceptors (Lipinski definition) is 4. The Kier molecular flexibility index (Phi) is 4.34. The number of aliphatic hydroxyl groups excluding tert-OH is 1. The number of halogens is 2. The number of aliphatic hydroxyl groups is 1. The van der Waals surface area contributed by atoms with Crippen molar-refractivity contribution in [3.63, 3.8) is 0 Å². The van der Waals surface area contributed by atoms with Crippen LogP contribution in [0.3, 0.4) is 0 Å². The van der Waals surface area contributed by atoms with E-state index >= 15 is 0 Å². The largest absolute Gasteiger partial charge is 0.391 e. The summed E-state index contributed by atoms with van der Waals surface area (Å²) in [4.78, 5) is 10.7. The maximum atomic E-state index is 13.2. The minimum atomic E-state index is -0.611. The van der Waals surface area contributed by atoms with E-state index in [-0.39, 0.29) is 6.10 Å². The minimum Gasteiger partial charge on any atom is -0.391 e. The summed E-state index contributed by atoms with van der Waals surface area (Å²) < 4.78 is 26.3. The molecule has 0 saturated carbocycles. The fourth-order valence-corrected chi connectivity index (χ4v) is 2.56. The molecule has 0 spiro atoms. The van der Waals surface area contributed by atoms with E-state index in [1.54, 1.807) is 18.3 Å². The Bertz CT molecular complexity index is 728. The van der Waals surface area contributed by atoms with Gasteiger partial charge >= 0.3 is 0 Å². The monoisotopic (exact) mass is 317 g/mol. The Hall–Kier alpha value is -2.34. The van der Waals surface area contributed by atoms with E-state index in [4.69, 9.17) is 0 Å². The molecule has 1 aromatic carbocycles. The molecule has 4 nitrogen and oxygen atoms in total. The molecule has 1 N–H and O–H groups in total. The quantitative estimate of drug-likeness (QED) is 0.946. The van der Waals surface area contributed by atoms with Crippen LogP contribution in [-0.2, 0) is 0 Å². The molecule has 0 bridgehead atoms. The molecule has 6 heteroatoms. The minimum absolute atomic E-state index is 0.332. The Labute approximate surface area is 133 Å². The van der Waals surface area contributed by atoms with Gasteiger partial charge in [0.05, 0.1) is 11.8 Å². The molecular weight excluding hydrogens is 300 g/mol. The van der Waals surface area contributed by atoms with Gasteiger partial charge in [-0.05, 0) is 31.0 Å². The number of hydrogen-bond donors (Lipinski definition) is 1. The fraction of sp³-hybridized carbons (Fsp3) is 0.294. The highest BCUT2D eigenvalue weighted by atomic mass is 19.1. The van der Waals surface area contributed by atoms with Crippen LogP contribution in [0.5, 0.6) is 0 Å². The van der Waals surface area contributed by atoms with Gasteiger partial charge < -0.3 is 10.0 Å². The smallest absolute Gasteiger partial charge is 0.225 e. The lowest BCUT2D eigenvalue weighted by molar-refractivity contribution is 0.198. The number of anilines is 1. The Morgan fingerprint density at radius 3 is 2.57 bits per heavy atom. The van der Waals surface area contributed by atoms with Crippen molar-refractivity contribution < 1.29 is 13.9 Å². The van der Waals surface area contributed by atoms with E-state index in [0.29, 0.717) is 18.1 Å². The number of benzene rings is 1. The molecule has 0 amide bonds. The molecule has 1 fully saturated rings. The Balaban J connectivity index is 1.79. The zero-order valence-corrected chi connectivity index (χ0v) is 12.7. The molecule has 2 aromatic rings. The van der Waals surface area contributed by atoms with Crippen molar-refractivity contribution in [3.05, 3.63) is 52.9 Å². The average Bonchev–Trinajstić information content (AvgIpc) is 2.91. The number of aryl methyl sites for hydroxylation is 1. The third kappa shape index (κ3) is 3.71. The van der Waals surface area contributed by atoms with Gasteiger partial charge in [-0.1, -0.05) is 12.2 Å². The molecule has 1 aromatic heterocycles. The van der Waals surface area contributed by atoms with Crippen molar-refractivity contribution in [1.82, 2.24) is 9.97 Å². The van der Waals surface area contributed by atoms with Crippen molar-refractivity contribution in [2.24, 2.45) is 0 Å². The Morgan fingerprint density at radius 2 is 1.96 bits per heavy atom. The first-order chi connectivity index (χ1) is 11.0. The number of rotatable bonds is 3. The van der Waals surface area contributed by atoms with Gasteiger partial charge in [0.1, 0.15) is 11.6 Å². The molecule has 1 atom stereocenters. The fourth-order valence-electron chi connectivity index (χ4n) is 2.56. The first kappa shape index (κ1) is 15.6. The molecule has 1 saturated heterocycles. The van der Waals surface area contributed by atoms with Gasteiger partial charge in [0.2, 0.25) is 5.95 Å². The summed E-state index contributed by atoms with van der Waals surface area (Å²) in [6.45, 7) is 3.12. The van der Waals surface area contributed by atoms with Crippen LogP contribution in [0.25, 0.3) is 12.2 Å². The van der Waals surface area contributed by atoms with Crippen molar-refractivity contribution in [3.8, 4) is 0 Å². The highest BCUT2D eigenvalue weighted by molar-refractivity contribution is 5.70. The van der Waals surface area contributed by atoms with Gasteiger partial charge in [0.15, 0.2) is 0 Å². The first-order valence-corrected chi connectivity index (χ1v) is 7.42. The van der Waals surface area contributed by atoms with Gasteiger partial charge in [0.25, 0.3) is 0 Å². The second kappa shape index (κ2) is 6.42. The predicted octanol–water partition coefficient (Wildman–Crippen LogP) is 2.80. The van der Waals surface area contributed by atoms with Crippen LogP contribution in [0.2, 0.25) is 0 Å². The van der Waals surface area contributed by atoms with Gasteiger partial charge in [-0.25, -0.2) is 18.7 Å². The molecule has 23 heavy (non-hydrogen) atoms. The standard InChI is InChI=1S/C17H17F2N3O/c1-11-13(3-2-12-6-14(18)8-15(19)7-12)9-20-17(21-11)22-5-4-16(23)10-22/h2-3,6-9,16,23H,4-5,10H2,1H3/b3-2+/t16-/m1/s1. The van der Waals surface area contributed by atoms with E-state index in [1.165, 1.54) is 12.1 Å². The van der Waals surface area contributed by atoms with E-state index in [9.17, 15) is 13.9 Å². The van der Waals surface area contributed by atoms with E-state index < -0.39 is 11.6 Å². The summed E-state index contributed by atoms with van der Waals surface area (Å²) in [7, 11) is 0. The lowest BCUT2D eigenvalue weighted by atomic mass is 10.1. The van der Waals surface area contributed by atoms with Crippen LogP contribution in [0.15, 0.2) is 24.4 Å². The van der Waals surface area contributed by atoms with Gasteiger partial charge in [-0.3, -0.25) is 0 Å². The van der Waals surface area contributed by atoms with Crippen molar-refractivity contribution in [2.75, 3.05) is 18.0 Å². The van der Waals surface area contributed by atoms with Crippen LogP contribution in [0.4, 0.5) is 14.7 Å². The third-order valence-electron chi connectivity index (χ3n) is 3.79. The predicted molar refractivity (Wildman–Crippen MR) is 84.9 cm³/mol. The molecule has 0 aliphatic carbocycles. The molecule has 0 unspecified atom stereocenters. The molecule has 1 aliphatic heterocycles. The van der Waals surface area contributed by atoms with Crippen LogP contribution in [0.1, 0.15) is 23.2 Å². The van der Waals surface area contributed by atoms with Crippen LogP contribution in [0, 0.1) is 18.6 Å². The van der Waals surface area contributed by atoms with Crippen LogP contribution < -0.4 is 4.90 Å². The molecule has 3 rings (SSSR count). The summed E-state index contributed by atoms with van der Waals surface area (Å²) in [6.07, 6.45) is 5.41. The zero-order chi connectivity index (χ0) is 16.4. The van der Waals surface area contributed by atoms with Gasteiger partial charge in [-0.15, -0.1) is 0 Å². The Morgan fingerprint density at radius 1 is 1.22 bits per heavy atom. The highest BCUT2D eigenvalue weighted by Gasteiger charge is 2.22. The number of aromatic nitrogens is 2. The van der Waals surface area contributed by atoms with Gasteiger partial charge in [-0.2, -0.15) is 0 Å². The molecule has 0 radical (unpaired) electrons. The van der Waals surface area contributed by atoms with Crippen molar-refractivity contribution in [1.29, 1.82) is 0 Å². The normalized spacial score (nSPS) is 18.1. The lowest BCUT2D eigenvalue weighted by Crippen LogP contribution is -2.23. The average molecular weight is 317 g/mol. The number of β-amino-alcohol motifs (C(OH)–C–C–N with tert-alkyl or cyclic N) is 1. The lowest BCUT2D eigenvalue weighted by Gasteiger charge is -2.15. The maximum absolute atomic E-state index is 13.2. The second-order valence-electron chi connectivity index (χ2n) is 5.64. The summed E-state index contributed by atoms with van der Waals surface area (Å²) in [5.74, 6) is -0.630. The van der Waals surface area contributed by atoms with Crippen LogP contribution >= 0.6 is 0 Å². The summed E-state index contributed by atoms with van der Waals surface area (Å²) in [5, 5.41) is 9.57. The molecule has 1 aliphatic rings. The third-order valence-corrected chi connectivity index (χ3v) is 3.79. The molecule has 2 heterocycles. The van der Waals surface area contributed by atoms with Gasteiger partial charge in [0, 0.05) is 30.9 Å². The van der Waals surface area contributed by atoms with E-state index in [1.807, 2.05) is 11.8 Å². The van der Waals surface area contributed by atoms with E-state index in [0.717, 1.165) is 30.3 Å². The molecular formula is C17H17F2N3O. The topological polar surface area (TPSA) is 49.2 Å². The van der Waals surface area contributed by atoms with E-state index in [2.05, 4.69) is 9.97 Å². The maximum Gasteiger partial charge on any atom is 0.225 e. The van der Waals surface area contributed by atoms with Crippen LogP contribution in [-0.4, -0.2) is 34.3 Å². The number of nitrogens with zero attached hydrogens (tertiary/aromatic N) is 3. The zero-order valence-electron chi connectivity index (χ0n) is 12.7. The highest BCUT2D eigenvalue weighted by Crippen LogP contribution is 2.19. The second-order valence-corrected chi connectivity index (χ2v) is 5.64. The first-order valence-electron chi connectivity index (χ1n) is 7.42. The summed E-state index contributed by atoms with van der Waals surface area (Å²) in [5.41, 5.74) is 1.98. The van der Waals surface area contributed by atoms with Crippen molar-refractivity contribution >= 4 is 18.1 Å². The SMILES string of the molecule is Cc1nc(N2CC[C@@H](O)C2)ncc1/C=C/c1cc(F)cc(F)c1. The molecule has 120 valence electrons. The van der Waals surface area contributed by atoms with Crippen molar-refractivity contribution in [2.45, 2.75) is 19.4 Å². The summed E-state index contributed by atoms with van der Waals surface area (Å²) >= 11 is 0.